The van der Waals surface area contributed by atoms with E-state index in [1.54, 1.807) is 0 Å². The Balaban J connectivity index is 2.67. The molecule has 2 aromatic carbocycles. The fourth-order valence-electron chi connectivity index (χ4n) is 1.72. The quantitative estimate of drug-likeness (QED) is 0.374. The number of nitrogens with zero attached hydrogens (tertiary/aromatic N) is 1. The molecule has 0 aliphatic heterocycles. The molecule has 0 atom stereocenters. The number of nitro benzene ring substituents is 1. The Hall–Kier alpha value is -2.61. The average Bonchev–Trinajstić information content (AvgIpc) is 2.47. The van der Waals surface area contributed by atoms with Crippen LogP contribution in [0.4, 0.5) is 10.1 Å². The van der Waals surface area contributed by atoms with Crippen LogP contribution in [0, 0.1) is 15.9 Å². The molecule has 0 amide bonds. The molecule has 0 bridgehead atoms. The molecule has 0 N–H and O–H groups in total. The van der Waals surface area contributed by atoms with Gasteiger partial charge in [0.1, 0.15) is 17.0 Å². The summed E-state index contributed by atoms with van der Waals surface area (Å²) >= 11 is 0. The van der Waals surface area contributed by atoms with Crippen LogP contribution in [-0.2, 0) is 9.84 Å². The van der Waals surface area contributed by atoms with Crippen LogP contribution in [0.1, 0.15) is 10.4 Å². The zero-order chi connectivity index (χ0) is 15.6. The van der Waals surface area contributed by atoms with E-state index in [0.717, 1.165) is 42.5 Å². The van der Waals surface area contributed by atoms with E-state index in [0.29, 0.717) is 6.29 Å². The molecule has 21 heavy (non-hydrogen) atoms. The van der Waals surface area contributed by atoms with E-state index in [1.165, 1.54) is 0 Å². The van der Waals surface area contributed by atoms with Crippen LogP contribution in [0.2, 0.25) is 0 Å². The predicted molar refractivity (Wildman–Crippen MR) is 70.3 cm³/mol. The first-order valence-corrected chi connectivity index (χ1v) is 7.09. The fraction of sp³-hybridized carbons (Fsp3) is 0. The number of hydrogen-bond donors (Lipinski definition) is 0. The van der Waals surface area contributed by atoms with Crippen LogP contribution >= 0.6 is 0 Å². The molecule has 0 aromatic heterocycles. The summed E-state index contributed by atoms with van der Waals surface area (Å²) in [6, 6.07) is 6.95. The highest BCUT2D eigenvalue weighted by Crippen LogP contribution is 2.30. The Labute approximate surface area is 118 Å². The maximum Gasteiger partial charge on any atom is 0.289 e. The van der Waals surface area contributed by atoms with Crippen LogP contribution in [0.15, 0.2) is 52.3 Å². The molecule has 108 valence electrons. The van der Waals surface area contributed by atoms with Crippen molar-refractivity contribution in [1.82, 2.24) is 0 Å². The van der Waals surface area contributed by atoms with Crippen molar-refractivity contribution >= 4 is 21.8 Å². The normalized spacial score (nSPS) is 11.1. The highest BCUT2D eigenvalue weighted by molar-refractivity contribution is 7.91. The number of nitro groups is 1. The fourth-order valence-corrected chi connectivity index (χ4v) is 3.12. The second-order valence-electron chi connectivity index (χ2n) is 4.06. The van der Waals surface area contributed by atoms with Crippen molar-refractivity contribution in [2.24, 2.45) is 0 Å². The zero-order valence-corrected chi connectivity index (χ0v) is 11.2. The first-order valence-electron chi connectivity index (χ1n) is 5.60. The molecule has 0 saturated heterocycles. The summed E-state index contributed by atoms with van der Waals surface area (Å²) in [4.78, 5) is 19.9. The minimum Gasteiger partial charge on any atom is -0.298 e. The molecular formula is C13H8FNO5S. The largest absolute Gasteiger partial charge is 0.298 e. The molecule has 8 heteroatoms. The monoisotopic (exact) mass is 309 g/mol. The Bertz CT molecular complexity index is 815. The molecule has 0 spiro atoms. The van der Waals surface area contributed by atoms with E-state index in [4.69, 9.17) is 0 Å². The molecule has 0 aliphatic rings. The molecule has 6 nitrogen and oxygen atoms in total. The summed E-state index contributed by atoms with van der Waals surface area (Å²) < 4.78 is 37.6. The Morgan fingerprint density at radius 2 is 1.71 bits per heavy atom. The van der Waals surface area contributed by atoms with Crippen LogP contribution in [-0.4, -0.2) is 19.6 Å². The van der Waals surface area contributed by atoms with Gasteiger partial charge in [0.15, 0.2) is 0 Å². The maximum absolute atomic E-state index is 12.8. The number of rotatable bonds is 4. The lowest BCUT2D eigenvalue weighted by Crippen LogP contribution is -2.06. The molecule has 0 unspecified atom stereocenters. The molecule has 0 radical (unpaired) electrons. The van der Waals surface area contributed by atoms with Crippen molar-refractivity contribution in [2.75, 3.05) is 0 Å². The van der Waals surface area contributed by atoms with Gasteiger partial charge in [-0.15, -0.1) is 0 Å². The number of halogens is 1. The average molecular weight is 309 g/mol. The number of hydrogen-bond acceptors (Lipinski definition) is 5. The van der Waals surface area contributed by atoms with E-state index >= 15 is 0 Å². The number of aldehydes is 1. The zero-order valence-electron chi connectivity index (χ0n) is 10.4. The molecular weight excluding hydrogens is 301 g/mol. The van der Waals surface area contributed by atoms with E-state index in [9.17, 15) is 27.7 Å². The third-order valence-corrected chi connectivity index (χ3v) is 4.55. The smallest absolute Gasteiger partial charge is 0.289 e. The SMILES string of the molecule is O=Cc1ccc(S(=O)(=O)c2ccc(F)cc2)c([N+](=O)[O-])c1. The predicted octanol–water partition coefficient (Wildman–Crippen LogP) is 2.38. The topological polar surface area (TPSA) is 94.3 Å². The highest BCUT2D eigenvalue weighted by atomic mass is 32.2. The molecule has 2 rings (SSSR count). The summed E-state index contributed by atoms with van der Waals surface area (Å²) in [6.07, 6.45) is 0.376. The molecule has 0 aliphatic carbocycles. The number of carbonyl (C=O) groups is 1. The first-order chi connectivity index (χ1) is 9.86. The summed E-state index contributed by atoms with van der Waals surface area (Å²) in [6.45, 7) is 0. The molecule has 2 aromatic rings. The Morgan fingerprint density at radius 3 is 2.24 bits per heavy atom. The minimum absolute atomic E-state index is 0.0141. The first kappa shape index (κ1) is 14.8. The lowest BCUT2D eigenvalue weighted by atomic mass is 10.2. The van der Waals surface area contributed by atoms with Gasteiger partial charge in [-0.3, -0.25) is 14.9 Å². The van der Waals surface area contributed by atoms with Crippen molar-refractivity contribution in [2.45, 2.75) is 9.79 Å². The molecule has 0 heterocycles. The lowest BCUT2D eigenvalue weighted by Gasteiger charge is -2.06. The van der Waals surface area contributed by atoms with Gasteiger partial charge >= 0.3 is 0 Å². The van der Waals surface area contributed by atoms with Gasteiger partial charge in [-0.2, -0.15) is 0 Å². The molecule has 0 fully saturated rings. The summed E-state index contributed by atoms with van der Waals surface area (Å²) in [7, 11) is -4.18. The summed E-state index contributed by atoms with van der Waals surface area (Å²) in [5, 5.41) is 11.0. The van der Waals surface area contributed by atoms with Crippen LogP contribution in [0.25, 0.3) is 0 Å². The van der Waals surface area contributed by atoms with Crippen molar-refractivity contribution in [3.05, 3.63) is 64.0 Å². The van der Waals surface area contributed by atoms with Gasteiger partial charge < -0.3 is 0 Å². The van der Waals surface area contributed by atoms with Gasteiger partial charge in [0, 0.05) is 11.6 Å². The third-order valence-electron chi connectivity index (χ3n) is 2.73. The summed E-state index contributed by atoms with van der Waals surface area (Å²) in [5.74, 6) is -0.625. The van der Waals surface area contributed by atoms with Crippen LogP contribution < -0.4 is 0 Å². The van der Waals surface area contributed by atoms with Crippen molar-refractivity contribution < 1.29 is 22.5 Å². The van der Waals surface area contributed by atoms with Gasteiger partial charge in [-0.25, -0.2) is 12.8 Å². The number of benzene rings is 2. The molecule has 0 saturated carbocycles. The third kappa shape index (κ3) is 2.79. The van der Waals surface area contributed by atoms with Gasteiger partial charge in [0.2, 0.25) is 9.84 Å². The second kappa shape index (κ2) is 5.41. The highest BCUT2D eigenvalue weighted by Gasteiger charge is 2.27. The standard InChI is InChI=1S/C13H8FNO5S/c14-10-2-4-11(5-3-10)21(19,20)13-6-1-9(8-16)7-12(13)15(17)18/h1-8H. The van der Waals surface area contributed by atoms with Gasteiger partial charge in [0.05, 0.1) is 9.82 Å². The second-order valence-corrected chi connectivity index (χ2v) is 5.98. The van der Waals surface area contributed by atoms with Gasteiger partial charge in [-0.05, 0) is 36.4 Å². The van der Waals surface area contributed by atoms with Crippen molar-refractivity contribution in [3.63, 3.8) is 0 Å². The minimum atomic E-state index is -4.18. The van der Waals surface area contributed by atoms with Crippen molar-refractivity contribution in [3.8, 4) is 0 Å². The summed E-state index contributed by atoms with van der Waals surface area (Å²) in [5.41, 5.74) is -0.719. The van der Waals surface area contributed by atoms with Gasteiger partial charge in [0.25, 0.3) is 5.69 Å². The van der Waals surface area contributed by atoms with E-state index < -0.39 is 31.2 Å². The van der Waals surface area contributed by atoms with Crippen molar-refractivity contribution in [1.29, 1.82) is 0 Å². The van der Waals surface area contributed by atoms with E-state index in [2.05, 4.69) is 0 Å². The van der Waals surface area contributed by atoms with Gasteiger partial charge in [-0.1, -0.05) is 0 Å². The Kier molecular flexibility index (Phi) is 3.81. The Morgan fingerprint density at radius 1 is 1.10 bits per heavy atom. The van der Waals surface area contributed by atoms with E-state index in [1.807, 2.05) is 0 Å². The lowest BCUT2D eigenvalue weighted by molar-refractivity contribution is -0.387. The number of sulfone groups is 1. The number of carbonyl (C=O) groups excluding carboxylic acids is 1. The van der Waals surface area contributed by atoms with Crippen LogP contribution in [0.5, 0.6) is 0 Å². The van der Waals surface area contributed by atoms with Crippen LogP contribution in [0.3, 0.4) is 0 Å². The maximum atomic E-state index is 12.8. The van der Waals surface area contributed by atoms with E-state index in [-0.39, 0.29) is 10.5 Å².